The Morgan fingerprint density at radius 2 is 1.93 bits per heavy atom. The van der Waals surface area contributed by atoms with E-state index in [1.54, 1.807) is 19.2 Å². The van der Waals surface area contributed by atoms with Crippen LogP contribution in [0.5, 0.6) is 17.2 Å². The standard InChI is InChI=1S/C32H29ClF2N4O6/c1-3-43-29-19(13-26(36)40)12-25(39-28(29)17-4-7-23-24(11-17)45-32(34,35)44-23)31(42,21-5-6-21)15-38-30(41)20-9-18-8-16(2)14-37-27(18)22(33)10-20/h4,7-12,14,21,42H,3,5-6,13,15H2,1-2H3,(H2,36,40)(H,38,41)/t31-/m1/s1. The summed E-state index contributed by atoms with van der Waals surface area (Å²) in [5.41, 5.74) is 6.62. The molecule has 2 aliphatic rings. The van der Waals surface area contributed by atoms with Gasteiger partial charge in [0, 0.05) is 28.3 Å². The van der Waals surface area contributed by atoms with Crippen LogP contribution in [0.2, 0.25) is 5.02 Å². The summed E-state index contributed by atoms with van der Waals surface area (Å²) in [7, 11) is 0. The number of aryl methyl sites for hydroxylation is 1. The lowest BCUT2D eigenvalue weighted by molar-refractivity contribution is -0.286. The molecule has 2 aromatic carbocycles. The summed E-state index contributed by atoms with van der Waals surface area (Å²) in [5, 5.41) is 16.0. The zero-order valence-corrected chi connectivity index (χ0v) is 25.1. The number of benzene rings is 2. The average Bonchev–Trinajstić information content (AvgIpc) is 3.78. The van der Waals surface area contributed by atoms with Gasteiger partial charge in [-0.15, -0.1) is 8.78 Å². The Balaban J connectivity index is 1.39. The van der Waals surface area contributed by atoms with Crippen LogP contribution in [-0.2, 0) is 16.8 Å². The number of nitrogens with zero attached hydrogens (tertiary/aromatic N) is 2. The number of alkyl halides is 2. The molecule has 0 bridgehead atoms. The van der Waals surface area contributed by atoms with Crippen LogP contribution >= 0.6 is 11.6 Å². The van der Waals surface area contributed by atoms with Crippen molar-refractivity contribution < 1.29 is 37.7 Å². The van der Waals surface area contributed by atoms with Crippen molar-refractivity contribution in [3.05, 3.63) is 76.1 Å². The van der Waals surface area contributed by atoms with Crippen molar-refractivity contribution in [3.8, 4) is 28.5 Å². The van der Waals surface area contributed by atoms with Gasteiger partial charge < -0.3 is 30.4 Å². The van der Waals surface area contributed by atoms with Crippen molar-refractivity contribution in [2.45, 2.75) is 45.0 Å². The number of fused-ring (bicyclic) bond motifs is 2. The summed E-state index contributed by atoms with van der Waals surface area (Å²) in [6.07, 6.45) is -1.07. The summed E-state index contributed by atoms with van der Waals surface area (Å²) >= 11 is 6.42. The molecule has 0 radical (unpaired) electrons. The van der Waals surface area contributed by atoms with Crippen molar-refractivity contribution in [1.29, 1.82) is 0 Å². The maximum absolute atomic E-state index is 13.8. The monoisotopic (exact) mass is 638 g/mol. The van der Waals surface area contributed by atoms with Gasteiger partial charge in [0.05, 0.1) is 35.8 Å². The lowest BCUT2D eigenvalue weighted by atomic mass is 9.90. The van der Waals surface area contributed by atoms with E-state index in [0.717, 1.165) is 5.56 Å². The molecule has 234 valence electrons. The Labute approximate surface area is 261 Å². The van der Waals surface area contributed by atoms with Crippen LogP contribution in [0.3, 0.4) is 0 Å². The van der Waals surface area contributed by atoms with Gasteiger partial charge in [0.15, 0.2) is 11.5 Å². The van der Waals surface area contributed by atoms with E-state index in [4.69, 9.17) is 27.1 Å². The third-order valence-corrected chi connectivity index (χ3v) is 8.02. The lowest BCUT2D eigenvalue weighted by Gasteiger charge is -2.30. The lowest BCUT2D eigenvalue weighted by Crippen LogP contribution is -2.43. The van der Waals surface area contributed by atoms with Gasteiger partial charge in [0.1, 0.15) is 17.0 Å². The largest absolute Gasteiger partial charge is 0.586 e. The first-order chi connectivity index (χ1) is 21.4. The van der Waals surface area contributed by atoms with Crippen molar-refractivity contribution in [2.75, 3.05) is 13.2 Å². The SMILES string of the molecule is CCOc1c(CC(N)=O)cc([C@@](O)(CNC(=O)c2cc(Cl)c3ncc(C)cc3c2)C2CC2)nc1-c1ccc2c(c1)OC(F)(F)O2. The number of hydrogen-bond acceptors (Lipinski definition) is 8. The normalized spacial score (nSPS) is 16.3. The fourth-order valence-electron chi connectivity index (χ4n) is 5.49. The quantitative estimate of drug-likeness (QED) is 0.219. The van der Waals surface area contributed by atoms with Crippen molar-refractivity contribution in [2.24, 2.45) is 11.7 Å². The molecule has 10 nitrogen and oxygen atoms in total. The Kier molecular flexibility index (Phi) is 7.74. The number of aliphatic hydroxyl groups is 1. The number of nitrogens with one attached hydrogen (secondary N) is 1. The number of pyridine rings is 2. The van der Waals surface area contributed by atoms with E-state index >= 15 is 0 Å². The number of ether oxygens (including phenoxy) is 3. The number of aromatic nitrogens is 2. The number of carbonyl (C=O) groups excluding carboxylic acids is 2. The number of halogens is 3. The number of primary amides is 1. The topological polar surface area (TPSA) is 146 Å². The zero-order valence-electron chi connectivity index (χ0n) is 24.3. The minimum atomic E-state index is -3.83. The van der Waals surface area contributed by atoms with E-state index in [2.05, 4.69) is 19.8 Å². The predicted molar refractivity (Wildman–Crippen MR) is 160 cm³/mol. The van der Waals surface area contributed by atoms with Crippen LogP contribution in [0.1, 0.15) is 46.9 Å². The Morgan fingerprint density at radius 3 is 2.64 bits per heavy atom. The highest BCUT2D eigenvalue weighted by molar-refractivity contribution is 6.35. The molecule has 13 heteroatoms. The number of rotatable bonds is 10. The first kappa shape index (κ1) is 30.5. The van der Waals surface area contributed by atoms with Crippen LogP contribution in [0.15, 0.2) is 48.7 Å². The van der Waals surface area contributed by atoms with E-state index in [-0.39, 0.29) is 59.7 Å². The molecule has 1 aliphatic heterocycles. The highest BCUT2D eigenvalue weighted by Crippen LogP contribution is 2.48. The molecule has 4 N–H and O–H groups in total. The van der Waals surface area contributed by atoms with E-state index < -0.39 is 23.7 Å². The molecule has 1 saturated carbocycles. The molecule has 0 saturated heterocycles. The maximum Gasteiger partial charge on any atom is 0.586 e. The molecule has 2 amide bonds. The highest BCUT2D eigenvalue weighted by atomic mass is 35.5. The Hall–Kier alpha value is -4.55. The summed E-state index contributed by atoms with van der Waals surface area (Å²) in [5.74, 6) is -1.58. The van der Waals surface area contributed by atoms with E-state index in [1.165, 1.54) is 30.3 Å². The Bertz CT molecular complexity index is 1850. The molecule has 6 rings (SSSR count). The third kappa shape index (κ3) is 6.07. The summed E-state index contributed by atoms with van der Waals surface area (Å²) in [6.45, 7) is 3.58. The van der Waals surface area contributed by atoms with Crippen molar-refractivity contribution in [3.63, 3.8) is 0 Å². The highest BCUT2D eigenvalue weighted by Gasteiger charge is 2.47. The maximum atomic E-state index is 13.8. The number of hydrogen-bond donors (Lipinski definition) is 3. The average molecular weight is 639 g/mol. The van der Waals surface area contributed by atoms with E-state index in [9.17, 15) is 23.5 Å². The van der Waals surface area contributed by atoms with Gasteiger partial charge in [-0.1, -0.05) is 11.6 Å². The molecular formula is C32H29ClF2N4O6. The van der Waals surface area contributed by atoms with Gasteiger partial charge >= 0.3 is 6.29 Å². The second-order valence-electron chi connectivity index (χ2n) is 11.2. The van der Waals surface area contributed by atoms with Gasteiger partial charge in [-0.3, -0.25) is 14.6 Å². The Morgan fingerprint density at radius 1 is 1.18 bits per heavy atom. The van der Waals surface area contributed by atoms with Crippen LogP contribution in [0.4, 0.5) is 8.78 Å². The minimum absolute atomic E-state index is 0.152. The van der Waals surface area contributed by atoms with E-state index in [1.807, 2.05) is 13.0 Å². The predicted octanol–water partition coefficient (Wildman–Crippen LogP) is 5.03. The smallest absolute Gasteiger partial charge is 0.491 e. The van der Waals surface area contributed by atoms with Gasteiger partial charge in [0.25, 0.3) is 5.91 Å². The van der Waals surface area contributed by atoms with Crippen LogP contribution < -0.4 is 25.3 Å². The summed E-state index contributed by atoms with van der Waals surface area (Å²) < 4.78 is 42.6. The number of nitrogens with two attached hydrogens (primary N) is 1. The first-order valence-electron chi connectivity index (χ1n) is 14.3. The van der Waals surface area contributed by atoms with Gasteiger partial charge in [-0.25, -0.2) is 4.98 Å². The number of amides is 2. The summed E-state index contributed by atoms with van der Waals surface area (Å²) in [6, 6.07) is 10.7. The third-order valence-electron chi connectivity index (χ3n) is 7.73. The molecule has 2 aromatic heterocycles. The van der Waals surface area contributed by atoms with Crippen LogP contribution in [-0.4, -0.2) is 46.3 Å². The molecular weight excluding hydrogens is 610 g/mol. The second-order valence-corrected chi connectivity index (χ2v) is 11.6. The zero-order chi connectivity index (χ0) is 32.1. The molecule has 1 fully saturated rings. The van der Waals surface area contributed by atoms with Crippen LogP contribution in [0.25, 0.3) is 22.2 Å². The molecule has 0 unspecified atom stereocenters. The molecule has 0 spiro atoms. The van der Waals surface area contributed by atoms with Crippen molar-refractivity contribution >= 4 is 34.3 Å². The molecule has 45 heavy (non-hydrogen) atoms. The fraction of sp³-hybridized carbons (Fsp3) is 0.312. The number of carbonyl (C=O) groups is 2. The van der Waals surface area contributed by atoms with Gasteiger partial charge in [0.2, 0.25) is 5.91 Å². The summed E-state index contributed by atoms with van der Waals surface area (Å²) in [4.78, 5) is 34.6. The van der Waals surface area contributed by atoms with Gasteiger partial charge in [-0.05, 0) is 80.6 Å². The second kappa shape index (κ2) is 11.4. The van der Waals surface area contributed by atoms with Crippen molar-refractivity contribution in [1.82, 2.24) is 15.3 Å². The molecule has 4 aromatic rings. The molecule has 3 heterocycles. The molecule has 1 aliphatic carbocycles. The van der Waals surface area contributed by atoms with Crippen LogP contribution in [0, 0.1) is 12.8 Å². The molecule has 1 atom stereocenters. The first-order valence-corrected chi connectivity index (χ1v) is 14.7. The minimum Gasteiger partial charge on any atom is -0.491 e. The fourth-order valence-corrected chi connectivity index (χ4v) is 5.77. The van der Waals surface area contributed by atoms with E-state index in [0.29, 0.717) is 39.9 Å². The van der Waals surface area contributed by atoms with Gasteiger partial charge in [-0.2, -0.15) is 0 Å².